The molecule has 20 heavy (non-hydrogen) atoms. The maximum absolute atomic E-state index is 11.5. The number of allylic oxidation sites excluding steroid dienone is 2. The predicted molar refractivity (Wildman–Crippen MR) is 78.1 cm³/mol. The summed E-state index contributed by atoms with van der Waals surface area (Å²) >= 11 is 0. The molecule has 0 aromatic rings. The quantitative estimate of drug-likeness (QED) is 0.674. The minimum Gasteiger partial charge on any atom is -0.465 e. The van der Waals surface area contributed by atoms with Crippen molar-refractivity contribution in [3.8, 4) is 0 Å². The number of aliphatic imine (C=N–C) groups is 1. The van der Waals surface area contributed by atoms with Crippen LogP contribution in [0.2, 0.25) is 0 Å². The first-order valence-electron chi connectivity index (χ1n) is 6.70. The summed E-state index contributed by atoms with van der Waals surface area (Å²) in [6, 6.07) is -0.692. The van der Waals surface area contributed by atoms with Crippen molar-refractivity contribution in [1.82, 2.24) is 0 Å². The number of ether oxygens (including phenoxy) is 2. The van der Waals surface area contributed by atoms with E-state index in [9.17, 15) is 4.79 Å². The lowest BCUT2D eigenvalue weighted by molar-refractivity contribution is -0.145. The van der Waals surface area contributed by atoms with Crippen LogP contribution < -0.4 is 11.5 Å². The standard InChI is InChI=1S/C14H23N3O3/c1-3-20-14(18)12(15)9-11(19-2)8-10-6-4-5-7-13(16)17-10/h4-6,11-12H,3,7-9,15H2,1-2H3,(H2,16,17). The van der Waals surface area contributed by atoms with Crippen molar-refractivity contribution in [3.05, 3.63) is 23.9 Å². The second-order valence-corrected chi connectivity index (χ2v) is 4.55. The van der Waals surface area contributed by atoms with Crippen LogP contribution in [0.3, 0.4) is 0 Å². The molecule has 0 spiro atoms. The fourth-order valence-corrected chi connectivity index (χ4v) is 1.87. The highest BCUT2D eigenvalue weighted by Crippen LogP contribution is 2.16. The normalized spacial score (nSPS) is 17.8. The number of amidine groups is 1. The lowest BCUT2D eigenvalue weighted by Crippen LogP contribution is -2.36. The van der Waals surface area contributed by atoms with Crippen LogP contribution in [0.1, 0.15) is 26.2 Å². The molecule has 0 aromatic carbocycles. The molecule has 0 aliphatic carbocycles. The fourth-order valence-electron chi connectivity index (χ4n) is 1.87. The van der Waals surface area contributed by atoms with Gasteiger partial charge in [0.2, 0.25) is 0 Å². The number of carbonyl (C=O) groups excluding carboxylic acids is 1. The third-order valence-electron chi connectivity index (χ3n) is 2.92. The monoisotopic (exact) mass is 281 g/mol. The van der Waals surface area contributed by atoms with Gasteiger partial charge in [0.25, 0.3) is 0 Å². The minimum atomic E-state index is -0.692. The maximum Gasteiger partial charge on any atom is 0.322 e. The van der Waals surface area contributed by atoms with Crippen molar-refractivity contribution in [2.45, 2.75) is 38.3 Å². The van der Waals surface area contributed by atoms with Crippen molar-refractivity contribution < 1.29 is 14.3 Å². The predicted octanol–water partition coefficient (Wildman–Crippen LogP) is 0.873. The van der Waals surface area contributed by atoms with Crippen molar-refractivity contribution in [3.63, 3.8) is 0 Å². The first-order chi connectivity index (χ1) is 9.56. The molecule has 112 valence electrons. The molecule has 1 rings (SSSR count). The zero-order valence-corrected chi connectivity index (χ0v) is 12.0. The average molecular weight is 281 g/mol. The summed E-state index contributed by atoms with van der Waals surface area (Å²) in [5, 5.41) is 0. The smallest absolute Gasteiger partial charge is 0.322 e. The van der Waals surface area contributed by atoms with E-state index in [-0.39, 0.29) is 6.10 Å². The Balaban J connectivity index is 2.59. The van der Waals surface area contributed by atoms with Crippen LogP contribution >= 0.6 is 0 Å². The number of hydrogen-bond acceptors (Lipinski definition) is 6. The molecule has 6 nitrogen and oxygen atoms in total. The molecule has 2 unspecified atom stereocenters. The summed E-state index contributed by atoms with van der Waals surface area (Å²) in [6.07, 6.45) is 7.11. The Labute approximate surface area is 119 Å². The van der Waals surface area contributed by atoms with E-state index in [1.807, 2.05) is 18.2 Å². The Bertz CT molecular complexity index is 416. The van der Waals surface area contributed by atoms with Gasteiger partial charge < -0.3 is 20.9 Å². The van der Waals surface area contributed by atoms with E-state index in [1.54, 1.807) is 14.0 Å². The molecule has 2 atom stereocenters. The van der Waals surface area contributed by atoms with Gasteiger partial charge in [-0.25, -0.2) is 4.99 Å². The number of rotatable bonds is 7. The molecule has 0 saturated carbocycles. The van der Waals surface area contributed by atoms with Gasteiger partial charge in [-0.15, -0.1) is 0 Å². The highest BCUT2D eigenvalue weighted by Gasteiger charge is 2.21. The fraction of sp³-hybridized carbons (Fsp3) is 0.571. The molecule has 0 saturated heterocycles. The molecule has 4 N–H and O–H groups in total. The lowest BCUT2D eigenvalue weighted by atomic mass is 10.1. The highest BCUT2D eigenvalue weighted by atomic mass is 16.5. The van der Waals surface area contributed by atoms with Crippen LogP contribution in [0.15, 0.2) is 28.9 Å². The van der Waals surface area contributed by atoms with Crippen molar-refractivity contribution in [2.75, 3.05) is 13.7 Å². The van der Waals surface area contributed by atoms with Crippen LogP contribution in [0.25, 0.3) is 0 Å². The third-order valence-corrected chi connectivity index (χ3v) is 2.92. The Morgan fingerprint density at radius 2 is 2.30 bits per heavy atom. The molecule has 1 aliphatic heterocycles. The number of esters is 1. The number of nitrogens with two attached hydrogens (primary N) is 2. The van der Waals surface area contributed by atoms with Crippen LogP contribution in [-0.4, -0.2) is 37.7 Å². The number of carbonyl (C=O) groups is 1. The summed E-state index contributed by atoms with van der Waals surface area (Å²) in [7, 11) is 1.59. The topological polar surface area (TPSA) is 99.9 Å². The average Bonchev–Trinajstić information content (AvgIpc) is 2.62. The van der Waals surface area contributed by atoms with E-state index >= 15 is 0 Å². The SMILES string of the molecule is CCOC(=O)C(N)CC(CC1=CC=CCC(N)=N1)OC. The van der Waals surface area contributed by atoms with Crippen molar-refractivity contribution in [1.29, 1.82) is 0 Å². The second-order valence-electron chi connectivity index (χ2n) is 4.55. The molecule has 0 aromatic heterocycles. The van der Waals surface area contributed by atoms with Crippen LogP contribution in [-0.2, 0) is 14.3 Å². The molecule has 0 fully saturated rings. The Morgan fingerprint density at radius 1 is 1.55 bits per heavy atom. The van der Waals surface area contributed by atoms with Crippen LogP contribution in [0, 0.1) is 0 Å². The molecular weight excluding hydrogens is 258 g/mol. The summed E-state index contributed by atoms with van der Waals surface area (Å²) < 4.78 is 10.2. The molecule has 1 aliphatic rings. The van der Waals surface area contributed by atoms with Crippen molar-refractivity contribution >= 4 is 11.8 Å². The van der Waals surface area contributed by atoms with E-state index in [0.717, 1.165) is 5.70 Å². The van der Waals surface area contributed by atoms with Gasteiger partial charge in [0.15, 0.2) is 0 Å². The van der Waals surface area contributed by atoms with Crippen LogP contribution in [0.5, 0.6) is 0 Å². The summed E-state index contributed by atoms with van der Waals surface area (Å²) in [4.78, 5) is 15.8. The molecule has 1 heterocycles. The molecule has 0 radical (unpaired) electrons. The Kier molecular flexibility index (Phi) is 6.97. The van der Waals surface area contributed by atoms with E-state index in [2.05, 4.69) is 4.99 Å². The van der Waals surface area contributed by atoms with Gasteiger partial charge in [0.1, 0.15) is 11.9 Å². The van der Waals surface area contributed by atoms with Gasteiger partial charge in [-0.1, -0.05) is 12.2 Å². The maximum atomic E-state index is 11.5. The number of hydrogen-bond donors (Lipinski definition) is 2. The van der Waals surface area contributed by atoms with Gasteiger partial charge in [0.05, 0.1) is 12.7 Å². The van der Waals surface area contributed by atoms with Gasteiger partial charge in [-0.05, 0) is 19.4 Å². The van der Waals surface area contributed by atoms with E-state index in [4.69, 9.17) is 20.9 Å². The van der Waals surface area contributed by atoms with Gasteiger partial charge in [-0.2, -0.15) is 0 Å². The highest BCUT2D eigenvalue weighted by molar-refractivity contribution is 5.83. The van der Waals surface area contributed by atoms with Gasteiger partial charge >= 0.3 is 5.97 Å². The van der Waals surface area contributed by atoms with E-state index < -0.39 is 12.0 Å². The number of nitrogens with zero attached hydrogens (tertiary/aromatic N) is 1. The number of methoxy groups -OCH3 is 1. The van der Waals surface area contributed by atoms with Crippen LogP contribution in [0.4, 0.5) is 0 Å². The third kappa shape index (κ3) is 5.54. The summed E-state index contributed by atoms with van der Waals surface area (Å²) in [6.45, 7) is 2.07. The lowest BCUT2D eigenvalue weighted by Gasteiger charge is -2.19. The van der Waals surface area contributed by atoms with Gasteiger partial charge in [0, 0.05) is 25.6 Å². The molecule has 0 amide bonds. The zero-order valence-electron chi connectivity index (χ0n) is 12.0. The first-order valence-corrected chi connectivity index (χ1v) is 6.70. The zero-order chi connectivity index (χ0) is 15.0. The Hall–Kier alpha value is -1.66. The van der Waals surface area contributed by atoms with Gasteiger partial charge in [-0.3, -0.25) is 4.79 Å². The summed E-state index contributed by atoms with van der Waals surface area (Å²) in [5.74, 6) is 0.154. The minimum absolute atomic E-state index is 0.205. The molecule has 6 heteroatoms. The molecule has 0 bridgehead atoms. The van der Waals surface area contributed by atoms with E-state index in [0.29, 0.717) is 31.7 Å². The largest absolute Gasteiger partial charge is 0.465 e. The van der Waals surface area contributed by atoms with Crippen molar-refractivity contribution in [2.24, 2.45) is 16.5 Å². The first kappa shape index (κ1) is 16.4. The Morgan fingerprint density at radius 3 is 2.95 bits per heavy atom. The summed E-state index contributed by atoms with van der Waals surface area (Å²) in [5.41, 5.74) is 12.4. The second kappa shape index (κ2) is 8.50. The molecular formula is C14H23N3O3. The van der Waals surface area contributed by atoms with E-state index in [1.165, 1.54) is 0 Å².